The van der Waals surface area contributed by atoms with Gasteiger partial charge in [-0.05, 0) is 6.92 Å². The van der Waals surface area contributed by atoms with Crippen molar-refractivity contribution in [3.8, 4) is 0 Å². The highest BCUT2D eigenvalue weighted by Crippen LogP contribution is 1.92. The molecule has 5 heteroatoms. The second-order valence-electron chi connectivity index (χ2n) is 3.95. The van der Waals surface area contributed by atoms with E-state index in [1.165, 1.54) is 0 Å². The average molecular weight is 215 g/mol. The lowest BCUT2D eigenvalue weighted by Gasteiger charge is -2.27. The van der Waals surface area contributed by atoms with E-state index in [2.05, 4.69) is 15.5 Å². The van der Waals surface area contributed by atoms with Gasteiger partial charge in [0.15, 0.2) is 0 Å². The number of carbonyl (C=O) groups excluding carboxylic acids is 1. The fourth-order valence-electron chi connectivity index (χ4n) is 1.68. The van der Waals surface area contributed by atoms with Crippen LogP contribution in [0.3, 0.4) is 0 Å². The van der Waals surface area contributed by atoms with Gasteiger partial charge in [-0.1, -0.05) is 0 Å². The molecule has 0 radical (unpaired) electrons. The van der Waals surface area contributed by atoms with Crippen molar-refractivity contribution in [1.82, 2.24) is 15.5 Å². The van der Waals surface area contributed by atoms with E-state index in [0.717, 1.165) is 26.2 Å². The quantitative estimate of drug-likeness (QED) is 0.620. The van der Waals surface area contributed by atoms with Crippen LogP contribution >= 0.6 is 0 Å². The number of piperazine rings is 1. The normalized spacial score (nSPS) is 19.9. The van der Waals surface area contributed by atoms with Crippen molar-refractivity contribution in [1.29, 1.82) is 0 Å². The molecule has 1 heterocycles. The number of methoxy groups -OCH3 is 1. The molecule has 0 aromatic carbocycles. The highest BCUT2D eigenvalue weighted by atomic mass is 16.5. The standard InChI is InChI=1S/C10H21N3O2/c1-9(8-15-2)12-10(14)7-13-5-3-11-4-6-13/h9,11H,3-8H2,1-2H3,(H,12,14). The van der Waals surface area contributed by atoms with Gasteiger partial charge in [0.25, 0.3) is 0 Å². The predicted octanol–water partition coefficient (Wildman–Crippen LogP) is -0.957. The molecule has 0 aliphatic carbocycles. The van der Waals surface area contributed by atoms with E-state index in [1.807, 2.05) is 6.92 Å². The predicted molar refractivity (Wildman–Crippen MR) is 58.8 cm³/mol. The van der Waals surface area contributed by atoms with Crippen LogP contribution in [0.2, 0.25) is 0 Å². The number of hydrogen-bond acceptors (Lipinski definition) is 4. The van der Waals surface area contributed by atoms with Gasteiger partial charge in [-0.15, -0.1) is 0 Å². The molecule has 15 heavy (non-hydrogen) atoms. The van der Waals surface area contributed by atoms with E-state index in [-0.39, 0.29) is 11.9 Å². The SMILES string of the molecule is COCC(C)NC(=O)CN1CCNCC1. The Morgan fingerprint density at radius 3 is 2.80 bits per heavy atom. The molecule has 1 aliphatic rings. The Bertz CT molecular complexity index is 193. The molecule has 0 aromatic rings. The summed E-state index contributed by atoms with van der Waals surface area (Å²) in [6.45, 7) is 6.85. The summed E-state index contributed by atoms with van der Waals surface area (Å²) in [5.74, 6) is 0.0847. The van der Waals surface area contributed by atoms with Crippen molar-refractivity contribution in [2.45, 2.75) is 13.0 Å². The van der Waals surface area contributed by atoms with Gasteiger partial charge < -0.3 is 15.4 Å². The Balaban J connectivity index is 2.16. The molecule has 0 spiro atoms. The lowest BCUT2D eigenvalue weighted by molar-refractivity contribution is -0.123. The Kier molecular flexibility index (Phi) is 5.60. The Morgan fingerprint density at radius 2 is 2.20 bits per heavy atom. The van der Waals surface area contributed by atoms with E-state index in [4.69, 9.17) is 4.74 Å². The average Bonchev–Trinajstić information content (AvgIpc) is 2.19. The number of nitrogens with zero attached hydrogens (tertiary/aromatic N) is 1. The van der Waals surface area contributed by atoms with Crippen molar-refractivity contribution in [2.24, 2.45) is 0 Å². The van der Waals surface area contributed by atoms with Crippen LogP contribution in [0.4, 0.5) is 0 Å². The van der Waals surface area contributed by atoms with Crippen LogP contribution < -0.4 is 10.6 Å². The van der Waals surface area contributed by atoms with Gasteiger partial charge in [-0.25, -0.2) is 0 Å². The molecule has 1 fully saturated rings. The molecule has 1 atom stereocenters. The summed E-state index contributed by atoms with van der Waals surface area (Å²) in [7, 11) is 1.64. The van der Waals surface area contributed by atoms with E-state index >= 15 is 0 Å². The minimum Gasteiger partial charge on any atom is -0.383 e. The summed E-state index contributed by atoms with van der Waals surface area (Å²) in [4.78, 5) is 13.7. The molecule has 1 rings (SSSR count). The highest BCUT2D eigenvalue weighted by Gasteiger charge is 2.14. The molecule has 0 aromatic heterocycles. The second kappa shape index (κ2) is 6.76. The van der Waals surface area contributed by atoms with E-state index in [0.29, 0.717) is 13.2 Å². The van der Waals surface area contributed by atoms with Crippen LogP contribution in [0.25, 0.3) is 0 Å². The van der Waals surface area contributed by atoms with Crippen LogP contribution in [0.15, 0.2) is 0 Å². The van der Waals surface area contributed by atoms with Crippen molar-refractivity contribution in [2.75, 3.05) is 46.4 Å². The molecule has 1 amide bonds. The summed E-state index contributed by atoms with van der Waals surface area (Å²) in [6.07, 6.45) is 0. The van der Waals surface area contributed by atoms with Gasteiger partial charge in [0.2, 0.25) is 5.91 Å². The molecule has 0 bridgehead atoms. The summed E-state index contributed by atoms with van der Waals surface area (Å²) >= 11 is 0. The van der Waals surface area contributed by atoms with Gasteiger partial charge in [-0.2, -0.15) is 0 Å². The number of nitrogens with one attached hydrogen (secondary N) is 2. The molecule has 5 nitrogen and oxygen atoms in total. The molecule has 1 unspecified atom stereocenters. The number of rotatable bonds is 5. The molecule has 1 saturated heterocycles. The molecular formula is C10H21N3O2. The first-order valence-corrected chi connectivity index (χ1v) is 5.43. The van der Waals surface area contributed by atoms with Crippen LogP contribution in [-0.2, 0) is 9.53 Å². The van der Waals surface area contributed by atoms with Crippen molar-refractivity contribution < 1.29 is 9.53 Å². The van der Waals surface area contributed by atoms with E-state index in [9.17, 15) is 4.79 Å². The molecule has 88 valence electrons. The Hall–Kier alpha value is -0.650. The summed E-state index contributed by atoms with van der Waals surface area (Å²) in [5, 5.41) is 6.16. The van der Waals surface area contributed by atoms with Gasteiger partial charge in [0.05, 0.1) is 13.2 Å². The fraction of sp³-hybridized carbons (Fsp3) is 0.900. The van der Waals surface area contributed by atoms with Crippen LogP contribution in [0, 0.1) is 0 Å². The van der Waals surface area contributed by atoms with Crippen molar-refractivity contribution >= 4 is 5.91 Å². The molecule has 1 aliphatic heterocycles. The maximum absolute atomic E-state index is 11.6. The summed E-state index contributed by atoms with van der Waals surface area (Å²) in [6, 6.07) is 0.0883. The summed E-state index contributed by atoms with van der Waals surface area (Å²) < 4.78 is 4.96. The molecule has 0 saturated carbocycles. The second-order valence-corrected chi connectivity index (χ2v) is 3.95. The smallest absolute Gasteiger partial charge is 0.234 e. The highest BCUT2D eigenvalue weighted by molar-refractivity contribution is 5.78. The zero-order valence-electron chi connectivity index (χ0n) is 9.58. The first-order valence-electron chi connectivity index (χ1n) is 5.43. The third-order valence-corrected chi connectivity index (χ3v) is 2.40. The van der Waals surface area contributed by atoms with Gasteiger partial charge >= 0.3 is 0 Å². The first-order chi connectivity index (χ1) is 7.22. The zero-order valence-corrected chi connectivity index (χ0v) is 9.58. The first kappa shape index (κ1) is 12.4. The maximum atomic E-state index is 11.6. The third kappa shape index (κ3) is 5.11. The van der Waals surface area contributed by atoms with E-state index < -0.39 is 0 Å². The number of amides is 1. The third-order valence-electron chi connectivity index (χ3n) is 2.40. The molecular weight excluding hydrogens is 194 g/mol. The Morgan fingerprint density at radius 1 is 1.53 bits per heavy atom. The van der Waals surface area contributed by atoms with Gasteiger partial charge in [-0.3, -0.25) is 9.69 Å². The summed E-state index contributed by atoms with van der Waals surface area (Å²) in [5.41, 5.74) is 0. The minimum absolute atomic E-state index is 0.0847. The van der Waals surface area contributed by atoms with E-state index in [1.54, 1.807) is 7.11 Å². The van der Waals surface area contributed by atoms with Crippen molar-refractivity contribution in [3.05, 3.63) is 0 Å². The minimum atomic E-state index is 0.0847. The van der Waals surface area contributed by atoms with Crippen molar-refractivity contribution in [3.63, 3.8) is 0 Å². The number of ether oxygens (including phenoxy) is 1. The van der Waals surface area contributed by atoms with Crippen LogP contribution in [-0.4, -0.2) is 63.3 Å². The fourth-order valence-corrected chi connectivity index (χ4v) is 1.68. The van der Waals surface area contributed by atoms with Crippen LogP contribution in [0.1, 0.15) is 6.92 Å². The Labute approximate surface area is 91.2 Å². The monoisotopic (exact) mass is 215 g/mol. The number of hydrogen-bond donors (Lipinski definition) is 2. The zero-order chi connectivity index (χ0) is 11.1. The largest absolute Gasteiger partial charge is 0.383 e. The topological polar surface area (TPSA) is 53.6 Å². The number of carbonyl (C=O) groups is 1. The maximum Gasteiger partial charge on any atom is 0.234 e. The van der Waals surface area contributed by atoms with Gasteiger partial charge in [0.1, 0.15) is 0 Å². The molecule has 2 N–H and O–H groups in total. The lowest BCUT2D eigenvalue weighted by Crippen LogP contribution is -2.49. The lowest BCUT2D eigenvalue weighted by atomic mass is 10.3. The van der Waals surface area contributed by atoms with Gasteiger partial charge in [0, 0.05) is 39.3 Å². The van der Waals surface area contributed by atoms with Crippen LogP contribution in [0.5, 0.6) is 0 Å².